The molecule has 3 fully saturated rings. The van der Waals surface area contributed by atoms with E-state index in [-0.39, 0.29) is 11.9 Å². The van der Waals surface area contributed by atoms with Crippen molar-refractivity contribution in [2.24, 2.45) is 5.92 Å². The Hall–Kier alpha value is -1.75. The number of nitrogens with zero attached hydrogens (tertiary/aromatic N) is 1. The Kier molecular flexibility index (Phi) is 3.71. The maximum atomic E-state index is 12.5. The SMILES string of the molecule is C[C@@H]1[C@H](NC(=O)Cc2ccc3c(c2)OC(C)(C)O3)C2CCN1CC2. The van der Waals surface area contributed by atoms with Crippen LogP contribution in [0.25, 0.3) is 0 Å². The number of benzene rings is 1. The van der Waals surface area contributed by atoms with Crippen LogP contribution in [0.5, 0.6) is 11.5 Å². The van der Waals surface area contributed by atoms with Gasteiger partial charge in [0, 0.05) is 25.9 Å². The van der Waals surface area contributed by atoms with Crippen LogP contribution in [0.1, 0.15) is 39.2 Å². The molecule has 24 heavy (non-hydrogen) atoms. The number of hydrogen-bond acceptors (Lipinski definition) is 4. The molecule has 4 aliphatic rings. The zero-order chi connectivity index (χ0) is 16.9. The number of ether oxygens (including phenoxy) is 2. The summed E-state index contributed by atoms with van der Waals surface area (Å²) in [5, 5.41) is 3.28. The molecule has 4 aliphatic heterocycles. The Morgan fingerprint density at radius 2 is 1.96 bits per heavy atom. The fourth-order valence-corrected chi connectivity index (χ4v) is 4.34. The first kappa shape index (κ1) is 15.8. The molecule has 0 aliphatic carbocycles. The molecule has 5 heteroatoms. The molecule has 0 aromatic heterocycles. The van der Waals surface area contributed by atoms with Crippen LogP contribution < -0.4 is 14.8 Å². The number of rotatable bonds is 3. The van der Waals surface area contributed by atoms with Gasteiger partial charge in [-0.3, -0.25) is 9.69 Å². The fourth-order valence-electron chi connectivity index (χ4n) is 4.34. The van der Waals surface area contributed by atoms with Crippen molar-refractivity contribution in [1.29, 1.82) is 0 Å². The Bertz CT molecular complexity index is 648. The van der Waals surface area contributed by atoms with Gasteiger partial charge in [-0.15, -0.1) is 0 Å². The van der Waals surface area contributed by atoms with E-state index >= 15 is 0 Å². The van der Waals surface area contributed by atoms with Gasteiger partial charge in [0.15, 0.2) is 11.5 Å². The van der Waals surface area contributed by atoms with Crippen molar-refractivity contribution in [3.63, 3.8) is 0 Å². The summed E-state index contributed by atoms with van der Waals surface area (Å²) in [6.45, 7) is 8.35. The van der Waals surface area contributed by atoms with Gasteiger partial charge in [-0.25, -0.2) is 0 Å². The number of piperidine rings is 3. The predicted octanol–water partition coefficient (Wildman–Crippen LogP) is 2.34. The first-order valence-electron chi connectivity index (χ1n) is 8.96. The summed E-state index contributed by atoms with van der Waals surface area (Å²) in [5.74, 6) is 1.57. The number of carbonyl (C=O) groups excluding carboxylic acids is 1. The van der Waals surface area contributed by atoms with Crippen LogP contribution in [0.2, 0.25) is 0 Å². The zero-order valence-electron chi connectivity index (χ0n) is 14.7. The zero-order valence-corrected chi connectivity index (χ0v) is 14.7. The predicted molar refractivity (Wildman–Crippen MR) is 91.2 cm³/mol. The molecule has 0 saturated carbocycles. The first-order chi connectivity index (χ1) is 11.4. The van der Waals surface area contributed by atoms with E-state index in [1.165, 1.54) is 25.9 Å². The minimum atomic E-state index is -0.631. The average molecular weight is 330 g/mol. The van der Waals surface area contributed by atoms with Crippen molar-refractivity contribution in [1.82, 2.24) is 10.2 Å². The van der Waals surface area contributed by atoms with Gasteiger partial charge in [0.25, 0.3) is 0 Å². The molecular formula is C19H26N2O3. The number of amides is 1. The molecule has 2 atom stereocenters. The molecule has 0 spiro atoms. The van der Waals surface area contributed by atoms with Crippen molar-refractivity contribution in [2.45, 2.75) is 57.9 Å². The molecular weight excluding hydrogens is 304 g/mol. The summed E-state index contributed by atoms with van der Waals surface area (Å²) in [5.41, 5.74) is 0.960. The number of carbonyl (C=O) groups is 1. The largest absolute Gasteiger partial charge is 0.449 e. The van der Waals surface area contributed by atoms with Gasteiger partial charge in [0.05, 0.1) is 6.42 Å². The third-order valence-corrected chi connectivity index (χ3v) is 5.59. The van der Waals surface area contributed by atoms with Crippen molar-refractivity contribution in [2.75, 3.05) is 13.1 Å². The van der Waals surface area contributed by atoms with Crippen LogP contribution in [0, 0.1) is 5.92 Å². The summed E-state index contributed by atoms with van der Waals surface area (Å²) < 4.78 is 11.5. The third-order valence-electron chi connectivity index (χ3n) is 5.59. The van der Waals surface area contributed by atoms with E-state index < -0.39 is 5.79 Å². The molecule has 0 unspecified atom stereocenters. The van der Waals surface area contributed by atoms with Crippen molar-refractivity contribution in [3.05, 3.63) is 23.8 Å². The maximum Gasteiger partial charge on any atom is 0.246 e. The molecule has 0 radical (unpaired) electrons. The van der Waals surface area contributed by atoms with Crippen molar-refractivity contribution in [3.8, 4) is 11.5 Å². The molecule has 130 valence electrons. The second kappa shape index (κ2) is 5.66. The topological polar surface area (TPSA) is 50.8 Å². The maximum absolute atomic E-state index is 12.5. The first-order valence-corrected chi connectivity index (χ1v) is 8.96. The molecule has 1 N–H and O–H groups in total. The summed E-state index contributed by atoms with van der Waals surface area (Å²) in [4.78, 5) is 15.0. The van der Waals surface area contributed by atoms with Crippen LogP contribution in [0.15, 0.2) is 18.2 Å². The smallest absolute Gasteiger partial charge is 0.246 e. The van der Waals surface area contributed by atoms with Crippen LogP contribution in [-0.4, -0.2) is 41.8 Å². The monoisotopic (exact) mass is 330 g/mol. The van der Waals surface area contributed by atoms with E-state index in [9.17, 15) is 4.79 Å². The van der Waals surface area contributed by atoms with Gasteiger partial charge in [0.1, 0.15) is 0 Å². The second-order valence-electron chi connectivity index (χ2n) is 7.77. The quantitative estimate of drug-likeness (QED) is 0.924. The van der Waals surface area contributed by atoms with E-state index in [0.29, 0.717) is 18.4 Å². The van der Waals surface area contributed by atoms with Crippen LogP contribution >= 0.6 is 0 Å². The minimum absolute atomic E-state index is 0.0960. The molecule has 5 rings (SSSR count). The highest BCUT2D eigenvalue weighted by Gasteiger charge is 2.40. The number of fused-ring (bicyclic) bond motifs is 4. The van der Waals surface area contributed by atoms with Crippen LogP contribution in [0.4, 0.5) is 0 Å². The summed E-state index contributed by atoms with van der Waals surface area (Å²) >= 11 is 0. The molecule has 3 saturated heterocycles. The van der Waals surface area contributed by atoms with Crippen LogP contribution in [-0.2, 0) is 11.2 Å². The van der Waals surface area contributed by atoms with E-state index in [1.54, 1.807) is 0 Å². The highest BCUT2D eigenvalue weighted by molar-refractivity contribution is 5.79. The number of nitrogens with one attached hydrogen (secondary N) is 1. The standard InChI is InChI=1S/C19H26N2O3/c1-12-18(14-6-8-21(12)9-7-14)20-17(22)11-13-4-5-15-16(10-13)24-19(2,3)23-15/h4-5,10,12,14,18H,6-9,11H2,1-3H3,(H,20,22)/t12-,18+/m1/s1. The summed E-state index contributed by atoms with van der Waals surface area (Å²) in [6.07, 6.45) is 2.79. The van der Waals surface area contributed by atoms with Gasteiger partial charge in [-0.05, 0) is 56.5 Å². The third kappa shape index (κ3) is 2.86. The molecule has 1 amide bonds. The van der Waals surface area contributed by atoms with E-state index in [2.05, 4.69) is 17.1 Å². The lowest BCUT2D eigenvalue weighted by Crippen LogP contribution is -2.62. The Labute approximate surface area is 143 Å². The average Bonchev–Trinajstić information content (AvgIpc) is 2.84. The van der Waals surface area contributed by atoms with E-state index in [1.807, 2.05) is 32.0 Å². The lowest BCUT2D eigenvalue weighted by molar-refractivity contribution is -0.123. The summed E-state index contributed by atoms with van der Waals surface area (Å²) in [7, 11) is 0. The molecule has 1 aromatic rings. The Balaban J connectivity index is 1.40. The molecule has 5 nitrogen and oxygen atoms in total. The molecule has 1 aromatic carbocycles. The van der Waals surface area contributed by atoms with Crippen molar-refractivity contribution >= 4 is 5.91 Å². The lowest BCUT2D eigenvalue weighted by Gasteiger charge is -2.50. The van der Waals surface area contributed by atoms with Crippen molar-refractivity contribution < 1.29 is 14.3 Å². The molecule has 4 heterocycles. The Morgan fingerprint density at radius 3 is 2.67 bits per heavy atom. The van der Waals surface area contributed by atoms with Crippen LogP contribution in [0.3, 0.4) is 0 Å². The summed E-state index contributed by atoms with van der Waals surface area (Å²) in [6, 6.07) is 6.49. The van der Waals surface area contributed by atoms with Gasteiger partial charge >= 0.3 is 0 Å². The number of hydrogen-bond donors (Lipinski definition) is 1. The Morgan fingerprint density at radius 1 is 1.25 bits per heavy atom. The second-order valence-corrected chi connectivity index (χ2v) is 7.77. The van der Waals surface area contributed by atoms with Gasteiger partial charge in [0.2, 0.25) is 11.7 Å². The van der Waals surface area contributed by atoms with Gasteiger partial charge in [-0.2, -0.15) is 0 Å². The van der Waals surface area contributed by atoms with E-state index in [4.69, 9.17) is 9.47 Å². The fraction of sp³-hybridized carbons (Fsp3) is 0.632. The highest BCUT2D eigenvalue weighted by Crippen LogP contribution is 2.39. The highest BCUT2D eigenvalue weighted by atomic mass is 16.7. The molecule has 2 bridgehead atoms. The minimum Gasteiger partial charge on any atom is -0.449 e. The van der Waals surface area contributed by atoms with E-state index in [0.717, 1.165) is 17.1 Å². The van der Waals surface area contributed by atoms with Gasteiger partial charge < -0.3 is 14.8 Å². The van der Waals surface area contributed by atoms with Gasteiger partial charge in [-0.1, -0.05) is 6.07 Å². The normalized spacial score (nSPS) is 32.6. The lowest BCUT2D eigenvalue weighted by atomic mass is 9.79.